The summed E-state index contributed by atoms with van der Waals surface area (Å²) in [6.07, 6.45) is 4.74. The van der Waals surface area contributed by atoms with Crippen molar-refractivity contribution in [2.75, 3.05) is 20.3 Å². The summed E-state index contributed by atoms with van der Waals surface area (Å²) in [6, 6.07) is 22.9. The molecule has 0 bridgehead atoms. The molecule has 1 amide bonds. The van der Waals surface area contributed by atoms with Gasteiger partial charge in [-0.05, 0) is 73.2 Å². The summed E-state index contributed by atoms with van der Waals surface area (Å²) in [5.74, 6) is 0.450. The first-order valence-electron chi connectivity index (χ1n) is 14.0. The Labute approximate surface area is 231 Å². The first kappa shape index (κ1) is 28.2. The predicted octanol–water partition coefficient (Wildman–Crippen LogP) is 6.53. The van der Waals surface area contributed by atoms with Gasteiger partial charge in [0.25, 0.3) is 11.5 Å². The van der Waals surface area contributed by atoms with Crippen LogP contribution in [0.1, 0.15) is 73.4 Å². The summed E-state index contributed by atoms with van der Waals surface area (Å²) in [4.78, 5) is 34.7. The lowest BCUT2D eigenvalue weighted by molar-refractivity contribution is 0.0579. The highest BCUT2D eigenvalue weighted by Crippen LogP contribution is 2.28. The lowest BCUT2D eigenvalue weighted by Crippen LogP contribution is -2.40. The van der Waals surface area contributed by atoms with Gasteiger partial charge in [-0.15, -0.1) is 0 Å². The molecule has 0 radical (unpaired) electrons. The first-order chi connectivity index (χ1) is 19.0. The topological polar surface area (TPSA) is 64.4 Å². The predicted molar refractivity (Wildman–Crippen MR) is 158 cm³/mol. The molecule has 0 N–H and O–H groups in total. The Balaban J connectivity index is 1.84. The third-order valence-electron chi connectivity index (χ3n) is 7.28. The van der Waals surface area contributed by atoms with Gasteiger partial charge in [0.1, 0.15) is 5.82 Å². The summed E-state index contributed by atoms with van der Waals surface area (Å²) in [7, 11) is 1.63. The molecule has 1 atom stereocenters. The highest BCUT2D eigenvalue weighted by atomic mass is 16.5. The van der Waals surface area contributed by atoms with Crippen LogP contribution in [0.15, 0.2) is 77.6 Å². The number of carbonyl (C=O) groups excluding carboxylic acids is 1. The number of benzene rings is 3. The van der Waals surface area contributed by atoms with Crippen molar-refractivity contribution in [3.05, 3.63) is 106 Å². The van der Waals surface area contributed by atoms with E-state index in [9.17, 15) is 9.59 Å². The number of methoxy groups -OCH3 is 1. The van der Waals surface area contributed by atoms with Crippen molar-refractivity contribution in [3.63, 3.8) is 0 Å². The molecule has 3 aromatic carbocycles. The third kappa shape index (κ3) is 6.28. The zero-order chi connectivity index (χ0) is 27.8. The van der Waals surface area contributed by atoms with E-state index in [1.54, 1.807) is 22.6 Å². The van der Waals surface area contributed by atoms with Crippen LogP contribution in [0.3, 0.4) is 0 Å². The van der Waals surface area contributed by atoms with Crippen molar-refractivity contribution in [2.24, 2.45) is 0 Å². The average molecular weight is 526 g/mol. The molecule has 0 aliphatic heterocycles. The summed E-state index contributed by atoms with van der Waals surface area (Å²) in [5.41, 5.74) is 4.25. The van der Waals surface area contributed by atoms with Crippen molar-refractivity contribution in [1.29, 1.82) is 0 Å². The number of rotatable bonds is 12. The Bertz CT molecular complexity index is 1440. The van der Waals surface area contributed by atoms with E-state index in [0.29, 0.717) is 41.9 Å². The minimum absolute atomic E-state index is 0.101. The van der Waals surface area contributed by atoms with Crippen molar-refractivity contribution in [3.8, 4) is 5.69 Å². The summed E-state index contributed by atoms with van der Waals surface area (Å²) < 4.78 is 7.08. The van der Waals surface area contributed by atoms with E-state index in [1.165, 1.54) is 11.1 Å². The Hall–Kier alpha value is -3.77. The highest BCUT2D eigenvalue weighted by Gasteiger charge is 2.29. The van der Waals surface area contributed by atoms with Crippen LogP contribution in [0.5, 0.6) is 0 Å². The molecule has 0 aliphatic rings. The summed E-state index contributed by atoms with van der Waals surface area (Å²) in [5, 5.41) is 0.549. The van der Waals surface area contributed by atoms with E-state index in [-0.39, 0.29) is 11.5 Å². The maximum absolute atomic E-state index is 14.0. The molecule has 1 aromatic heterocycles. The molecular weight excluding hydrogens is 486 g/mol. The van der Waals surface area contributed by atoms with E-state index in [2.05, 4.69) is 13.8 Å². The third-order valence-corrected chi connectivity index (χ3v) is 7.28. The molecule has 4 rings (SSSR count). The number of hydrogen-bond donors (Lipinski definition) is 0. The van der Waals surface area contributed by atoms with Crippen LogP contribution in [-0.2, 0) is 17.6 Å². The van der Waals surface area contributed by atoms with Gasteiger partial charge in [0.2, 0.25) is 0 Å². The second kappa shape index (κ2) is 13.3. The smallest absolute Gasteiger partial charge is 0.266 e. The van der Waals surface area contributed by atoms with Crippen LogP contribution < -0.4 is 5.56 Å². The van der Waals surface area contributed by atoms with Gasteiger partial charge in [0, 0.05) is 19.2 Å². The highest BCUT2D eigenvalue weighted by molar-refractivity contribution is 5.94. The van der Waals surface area contributed by atoms with E-state index in [1.807, 2.05) is 73.7 Å². The number of ether oxygens (including phenoxy) is 1. The van der Waals surface area contributed by atoms with E-state index in [4.69, 9.17) is 9.72 Å². The van der Waals surface area contributed by atoms with Crippen LogP contribution in [-0.4, -0.2) is 40.6 Å². The second-order valence-corrected chi connectivity index (χ2v) is 9.86. The van der Waals surface area contributed by atoms with Crippen LogP contribution in [0, 0.1) is 0 Å². The maximum Gasteiger partial charge on any atom is 0.266 e. The van der Waals surface area contributed by atoms with Gasteiger partial charge in [0.05, 0.1) is 29.2 Å². The number of nitrogens with zero attached hydrogens (tertiary/aromatic N) is 3. The molecule has 39 heavy (non-hydrogen) atoms. The molecule has 1 unspecified atom stereocenters. The molecular formula is C33H39N3O3. The van der Waals surface area contributed by atoms with E-state index < -0.39 is 6.04 Å². The number of unbranched alkanes of at least 4 members (excludes halogenated alkanes) is 1. The second-order valence-electron chi connectivity index (χ2n) is 9.86. The molecule has 0 saturated heterocycles. The number of amides is 1. The molecule has 204 valence electrons. The monoisotopic (exact) mass is 525 g/mol. The Kier molecular flexibility index (Phi) is 9.66. The number of aryl methyl sites for hydroxylation is 2. The maximum atomic E-state index is 14.0. The van der Waals surface area contributed by atoms with E-state index >= 15 is 0 Å². The molecule has 4 aromatic rings. The normalized spacial score (nSPS) is 12.0. The van der Waals surface area contributed by atoms with Crippen molar-refractivity contribution < 1.29 is 9.53 Å². The van der Waals surface area contributed by atoms with Gasteiger partial charge in [-0.3, -0.25) is 14.2 Å². The molecule has 6 nitrogen and oxygen atoms in total. The fourth-order valence-corrected chi connectivity index (χ4v) is 5.00. The number of fused-ring (bicyclic) bond motifs is 1. The van der Waals surface area contributed by atoms with Gasteiger partial charge >= 0.3 is 0 Å². The van der Waals surface area contributed by atoms with Crippen molar-refractivity contribution >= 4 is 16.8 Å². The lowest BCUT2D eigenvalue weighted by Gasteiger charge is -2.32. The van der Waals surface area contributed by atoms with Gasteiger partial charge in [-0.2, -0.15) is 0 Å². The van der Waals surface area contributed by atoms with Crippen LogP contribution >= 0.6 is 0 Å². The molecule has 1 heterocycles. The Morgan fingerprint density at radius 3 is 2.28 bits per heavy atom. The number of para-hydroxylation sites is 1. The molecule has 0 aliphatic carbocycles. The fraction of sp³-hybridized carbons (Fsp3) is 0.364. The van der Waals surface area contributed by atoms with Crippen molar-refractivity contribution in [1.82, 2.24) is 14.5 Å². The SMILES string of the molecule is CCCCc1ccc(C(=O)N(CCOC)C(CC)c2nc3ccccc3c(=O)n2-c2ccc(CC)cc2)cc1. The standard InChI is InChI=1S/C33H39N3O3/c1-5-8-11-25-14-18-26(19-15-25)32(37)35(22-23-39-4)30(7-3)31-34-29-13-10-9-12-28(29)33(38)36(31)27-20-16-24(6-2)17-21-27/h9-10,12-21,30H,5-8,11,22-23H2,1-4H3. The molecule has 0 fully saturated rings. The molecule has 6 heteroatoms. The molecule has 0 saturated carbocycles. The van der Waals surface area contributed by atoms with Crippen molar-refractivity contribution in [2.45, 2.75) is 58.9 Å². The zero-order valence-corrected chi connectivity index (χ0v) is 23.5. The summed E-state index contributed by atoms with van der Waals surface area (Å²) >= 11 is 0. The number of aromatic nitrogens is 2. The number of hydrogen-bond acceptors (Lipinski definition) is 4. The Morgan fingerprint density at radius 2 is 1.64 bits per heavy atom. The first-order valence-corrected chi connectivity index (χ1v) is 14.0. The van der Waals surface area contributed by atoms with Crippen LogP contribution in [0.2, 0.25) is 0 Å². The van der Waals surface area contributed by atoms with Crippen LogP contribution in [0.4, 0.5) is 0 Å². The minimum Gasteiger partial charge on any atom is -0.383 e. The quantitative estimate of drug-likeness (QED) is 0.211. The number of carbonyl (C=O) groups is 1. The average Bonchev–Trinajstić information content (AvgIpc) is 2.98. The summed E-state index contributed by atoms with van der Waals surface area (Å²) in [6.45, 7) is 7.06. The van der Waals surface area contributed by atoms with Gasteiger partial charge in [-0.25, -0.2) is 4.98 Å². The largest absolute Gasteiger partial charge is 0.383 e. The Morgan fingerprint density at radius 1 is 0.949 bits per heavy atom. The van der Waals surface area contributed by atoms with Gasteiger partial charge in [-0.1, -0.05) is 63.6 Å². The van der Waals surface area contributed by atoms with Crippen LogP contribution in [0.25, 0.3) is 16.6 Å². The van der Waals surface area contributed by atoms with E-state index in [0.717, 1.165) is 31.4 Å². The lowest BCUT2D eigenvalue weighted by atomic mass is 10.0. The van der Waals surface area contributed by atoms with Gasteiger partial charge < -0.3 is 9.64 Å². The zero-order valence-electron chi connectivity index (χ0n) is 23.5. The molecule has 0 spiro atoms. The fourth-order valence-electron chi connectivity index (χ4n) is 5.00. The minimum atomic E-state index is -0.435. The van der Waals surface area contributed by atoms with Gasteiger partial charge in [0.15, 0.2) is 0 Å².